The molecule has 2 heterocycles. The maximum atomic E-state index is 12.7. The normalized spacial score (nSPS) is 16.9. The molecular formula is C19H24F3IN4O2S. The lowest BCUT2D eigenvalue weighted by Crippen LogP contribution is -2.39. The fourth-order valence-corrected chi connectivity index (χ4v) is 4.04. The largest absolute Gasteiger partial charge is 0.497 e. The van der Waals surface area contributed by atoms with Gasteiger partial charge in [0.15, 0.2) is 11.7 Å². The van der Waals surface area contributed by atoms with Crippen molar-refractivity contribution in [3.05, 3.63) is 39.8 Å². The number of halogens is 4. The molecule has 3 rings (SSSR count). The summed E-state index contributed by atoms with van der Waals surface area (Å²) in [5.74, 6) is 2.40. The van der Waals surface area contributed by atoms with Crippen LogP contribution in [0.5, 0.6) is 11.5 Å². The monoisotopic (exact) mass is 556 g/mol. The minimum absolute atomic E-state index is 0. The number of rotatable bonds is 5. The third-order valence-electron chi connectivity index (χ3n) is 4.78. The van der Waals surface area contributed by atoms with Gasteiger partial charge in [-0.15, -0.1) is 35.3 Å². The summed E-state index contributed by atoms with van der Waals surface area (Å²) in [6.07, 6.45) is -3.50. The lowest BCUT2D eigenvalue weighted by atomic mass is 9.98. The minimum Gasteiger partial charge on any atom is -0.497 e. The average Bonchev–Trinajstić information content (AvgIpc) is 3.38. The molecule has 1 aromatic carbocycles. The van der Waals surface area contributed by atoms with Crippen LogP contribution in [-0.2, 0) is 12.7 Å². The lowest BCUT2D eigenvalue weighted by Gasteiger charge is -2.21. The first-order chi connectivity index (χ1) is 13.8. The van der Waals surface area contributed by atoms with Crippen LogP contribution in [0, 0.1) is 0 Å². The molecule has 2 aromatic rings. The van der Waals surface area contributed by atoms with Crippen molar-refractivity contribution in [1.82, 2.24) is 15.2 Å². The molecule has 1 saturated heterocycles. The van der Waals surface area contributed by atoms with Gasteiger partial charge in [0.2, 0.25) is 0 Å². The number of aliphatic imine (C=N–C) groups is 1. The molecular weight excluding hydrogens is 532 g/mol. The number of nitrogens with zero attached hydrogens (tertiary/aromatic N) is 3. The quantitative estimate of drug-likeness (QED) is 0.337. The van der Waals surface area contributed by atoms with Crippen LogP contribution in [0.3, 0.4) is 0 Å². The van der Waals surface area contributed by atoms with E-state index >= 15 is 0 Å². The molecule has 30 heavy (non-hydrogen) atoms. The molecule has 1 atom stereocenters. The van der Waals surface area contributed by atoms with Crippen LogP contribution in [-0.4, -0.2) is 50.2 Å². The number of ether oxygens (including phenoxy) is 2. The molecule has 1 aliphatic heterocycles. The second-order valence-electron chi connectivity index (χ2n) is 6.60. The van der Waals surface area contributed by atoms with E-state index in [4.69, 9.17) is 9.47 Å². The van der Waals surface area contributed by atoms with E-state index in [-0.39, 0.29) is 36.4 Å². The van der Waals surface area contributed by atoms with Gasteiger partial charge in [-0.2, -0.15) is 13.2 Å². The van der Waals surface area contributed by atoms with E-state index in [9.17, 15) is 13.2 Å². The van der Waals surface area contributed by atoms with Gasteiger partial charge in [-0.05, 0) is 24.1 Å². The van der Waals surface area contributed by atoms with Crippen molar-refractivity contribution in [1.29, 1.82) is 0 Å². The summed E-state index contributed by atoms with van der Waals surface area (Å²) < 4.78 is 48.8. The summed E-state index contributed by atoms with van der Waals surface area (Å²) in [6, 6.07) is 5.84. The van der Waals surface area contributed by atoms with Gasteiger partial charge in [-0.3, -0.25) is 4.99 Å². The Morgan fingerprint density at radius 2 is 1.93 bits per heavy atom. The zero-order valence-corrected chi connectivity index (χ0v) is 20.0. The van der Waals surface area contributed by atoms with Crippen LogP contribution in [0.15, 0.2) is 28.6 Å². The van der Waals surface area contributed by atoms with Crippen molar-refractivity contribution in [2.45, 2.75) is 25.1 Å². The predicted octanol–water partition coefficient (Wildman–Crippen LogP) is 4.36. The van der Waals surface area contributed by atoms with E-state index in [1.165, 1.54) is 0 Å². The molecule has 1 N–H and O–H groups in total. The molecule has 166 valence electrons. The summed E-state index contributed by atoms with van der Waals surface area (Å²) in [5.41, 5.74) is 0.261. The summed E-state index contributed by atoms with van der Waals surface area (Å²) in [7, 11) is 4.90. The molecule has 1 aromatic heterocycles. The SMILES string of the molecule is CN=C(NCc1nc(C(F)(F)F)cs1)N1CCC(c2cc(OC)cc(OC)c2)C1.I. The highest BCUT2D eigenvalue weighted by atomic mass is 127. The number of aromatic nitrogens is 1. The Morgan fingerprint density at radius 1 is 1.27 bits per heavy atom. The van der Waals surface area contributed by atoms with E-state index in [0.29, 0.717) is 11.0 Å². The molecule has 6 nitrogen and oxygen atoms in total. The average molecular weight is 556 g/mol. The smallest absolute Gasteiger partial charge is 0.434 e. The van der Waals surface area contributed by atoms with E-state index < -0.39 is 11.9 Å². The van der Waals surface area contributed by atoms with Crippen molar-refractivity contribution in [2.75, 3.05) is 34.4 Å². The molecule has 0 amide bonds. The van der Waals surface area contributed by atoms with Gasteiger partial charge in [0.05, 0.1) is 20.8 Å². The fourth-order valence-electron chi connectivity index (χ4n) is 3.30. The molecule has 1 aliphatic rings. The Hall–Kier alpha value is -1.76. The van der Waals surface area contributed by atoms with Gasteiger partial charge in [-0.25, -0.2) is 4.98 Å². The van der Waals surface area contributed by atoms with E-state index in [2.05, 4.69) is 20.2 Å². The fraction of sp³-hybridized carbons (Fsp3) is 0.474. The minimum atomic E-state index is -4.42. The number of alkyl halides is 3. The van der Waals surface area contributed by atoms with Crippen LogP contribution in [0.2, 0.25) is 0 Å². The van der Waals surface area contributed by atoms with Gasteiger partial charge in [0, 0.05) is 37.5 Å². The number of hydrogen-bond donors (Lipinski definition) is 1. The molecule has 0 bridgehead atoms. The van der Waals surface area contributed by atoms with Crippen molar-refractivity contribution in [3.63, 3.8) is 0 Å². The Bertz CT molecular complexity index is 853. The van der Waals surface area contributed by atoms with Crippen molar-refractivity contribution < 1.29 is 22.6 Å². The standard InChI is InChI=1S/C19H23F3N4O2S.HI/c1-23-18(24-9-17-25-16(11-29-17)19(20,21)22)26-5-4-12(10-26)13-6-14(27-2)8-15(7-13)28-3;/h6-8,11-12H,4-5,9-10H2,1-3H3,(H,23,24);1H. The number of nitrogens with one attached hydrogen (secondary N) is 1. The van der Waals surface area contributed by atoms with Crippen LogP contribution >= 0.6 is 35.3 Å². The van der Waals surface area contributed by atoms with Gasteiger partial charge < -0.3 is 19.7 Å². The Morgan fingerprint density at radius 3 is 2.47 bits per heavy atom. The second kappa shape index (κ2) is 10.5. The second-order valence-corrected chi connectivity index (χ2v) is 7.55. The van der Waals surface area contributed by atoms with Gasteiger partial charge in [0.1, 0.15) is 16.5 Å². The third kappa shape index (κ3) is 5.90. The third-order valence-corrected chi connectivity index (χ3v) is 5.63. The summed E-state index contributed by atoms with van der Waals surface area (Å²) >= 11 is 0.982. The first kappa shape index (κ1) is 24.5. The number of likely N-dealkylation sites (tertiary alicyclic amines) is 1. The van der Waals surface area contributed by atoms with Crippen molar-refractivity contribution in [3.8, 4) is 11.5 Å². The number of benzene rings is 1. The molecule has 0 saturated carbocycles. The molecule has 0 aliphatic carbocycles. The summed E-state index contributed by atoms with van der Waals surface area (Å²) in [5, 5.41) is 4.51. The maximum absolute atomic E-state index is 12.7. The van der Waals surface area contributed by atoms with Crippen molar-refractivity contribution >= 4 is 41.3 Å². The first-order valence-corrected chi connectivity index (χ1v) is 9.92. The Kier molecular flexibility index (Phi) is 8.59. The highest BCUT2D eigenvalue weighted by Crippen LogP contribution is 2.33. The Labute approximate surface area is 194 Å². The number of methoxy groups -OCH3 is 2. The predicted molar refractivity (Wildman–Crippen MR) is 121 cm³/mol. The highest BCUT2D eigenvalue weighted by Gasteiger charge is 2.33. The van der Waals surface area contributed by atoms with Gasteiger partial charge in [-0.1, -0.05) is 0 Å². The number of hydrogen-bond acceptors (Lipinski definition) is 5. The zero-order chi connectivity index (χ0) is 21.0. The van der Waals surface area contributed by atoms with Gasteiger partial charge in [0.25, 0.3) is 0 Å². The lowest BCUT2D eigenvalue weighted by molar-refractivity contribution is -0.140. The molecule has 11 heteroatoms. The van der Waals surface area contributed by atoms with Gasteiger partial charge >= 0.3 is 6.18 Å². The summed E-state index contributed by atoms with van der Waals surface area (Å²) in [6.45, 7) is 1.72. The van der Waals surface area contributed by atoms with Crippen molar-refractivity contribution in [2.24, 2.45) is 4.99 Å². The zero-order valence-electron chi connectivity index (χ0n) is 16.8. The topological polar surface area (TPSA) is 59.0 Å². The maximum Gasteiger partial charge on any atom is 0.434 e. The molecule has 1 unspecified atom stereocenters. The highest BCUT2D eigenvalue weighted by molar-refractivity contribution is 14.0. The number of thiazole rings is 1. The van der Waals surface area contributed by atoms with Crippen LogP contribution in [0.4, 0.5) is 13.2 Å². The molecule has 1 fully saturated rings. The van der Waals surface area contributed by atoms with Crippen LogP contribution < -0.4 is 14.8 Å². The molecule has 0 radical (unpaired) electrons. The van der Waals surface area contributed by atoms with E-state index in [1.807, 2.05) is 18.2 Å². The molecule has 0 spiro atoms. The Balaban J connectivity index is 0.00000320. The first-order valence-electron chi connectivity index (χ1n) is 9.04. The van der Waals surface area contributed by atoms with Crippen LogP contribution in [0.1, 0.15) is 28.6 Å². The number of guanidine groups is 1. The van der Waals surface area contributed by atoms with E-state index in [1.54, 1.807) is 21.3 Å². The van der Waals surface area contributed by atoms with Crippen LogP contribution in [0.25, 0.3) is 0 Å². The van der Waals surface area contributed by atoms with E-state index in [0.717, 1.165) is 53.3 Å². The summed E-state index contributed by atoms with van der Waals surface area (Å²) in [4.78, 5) is 10.0.